The van der Waals surface area contributed by atoms with Crippen molar-refractivity contribution >= 4 is 23.2 Å². The fraction of sp³-hybridized carbons (Fsp3) is 0.235. The molecule has 1 N–H and O–H groups in total. The van der Waals surface area contributed by atoms with Crippen molar-refractivity contribution in [2.45, 2.75) is 26.9 Å². The van der Waals surface area contributed by atoms with E-state index in [1.807, 2.05) is 44.2 Å². The lowest BCUT2D eigenvalue weighted by atomic mass is 10.1. The van der Waals surface area contributed by atoms with Crippen LogP contribution in [0.3, 0.4) is 0 Å². The molecular weight excluding hydrogens is 286 g/mol. The number of benzene rings is 2. The molecule has 110 valence electrons. The second-order valence-corrected chi connectivity index (χ2v) is 5.39. The third-order valence-corrected chi connectivity index (χ3v) is 3.60. The van der Waals surface area contributed by atoms with Gasteiger partial charge in [-0.2, -0.15) is 0 Å². The molecule has 0 heterocycles. The molecule has 1 atom stereocenters. The Labute approximate surface area is 129 Å². The minimum atomic E-state index is -0.633. The zero-order chi connectivity index (χ0) is 15.4. The number of carbonyl (C=O) groups excluding carboxylic acids is 1. The third kappa shape index (κ3) is 3.99. The number of para-hydroxylation sites is 1. The molecule has 0 aliphatic carbocycles. The smallest absolute Gasteiger partial charge is 0.265 e. The molecule has 0 unspecified atom stereocenters. The molecule has 2 aromatic rings. The lowest BCUT2D eigenvalue weighted by Gasteiger charge is -2.16. The molecule has 0 radical (unpaired) electrons. The molecule has 0 aliphatic heterocycles. The molecule has 4 heteroatoms. The fourth-order valence-corrected chi connectivity index (χ4v) is 2.03. The van der Waals surface area contributed by atoms with Crippen molar-refractivity contribution in [2.75, 3.05) is 5.32 Å². The first-order chi connectivity index (χ1) is 9.97. The number of ether oxygens (including phenoxy) is 1. The average molecular weight is 304 g/mol. The second-order valence-electron chi connectivity index (χ2n) is 4.98. The zero-order valence-electron chi connectivity index (χ0n) is 12.3. The van der Waals surface area contributed by atoms with Crippen molar-refractivity contribution in [3.05, 3.63) is 58.6 Å². The van der Waals surface area contributed by atoms with Gasteiger partial charge in [0.05, 0.1) is 5.02 Å². The molecule has 0 aromatic heterocycles. The summed E-state index contributed by atoms with van der Waals surface area (Å²) < 4.78 is 5.59. The van der Waals surface area contributed by atoms with E-state index >= 15 is 0 Å². The monoisotopic (exact) mass is 303 g/mol. The van der Waals surface area contributed by atoms with Gasteiger partial charge in [0.25, 0.3) is 5.91 Å². The van der Waals surface area contributed by atoms with Crippen molar-refractivity contribution in [3.8, 4) is 5.75 Å². The number of nitrogens with one attached hydrogen (secondary N) is 1. The van der Waals surface area contributed by atoms with E-state index in [9.17, 15) is 4.79 Å². The molecule has 3 nitrogen and oxygen atoms in total. The van der Waals surface area contributed by atoms with Gasteiger partial charge in [0, 0.05) is 5.69 Å². The van der Waals surface area contributed by atoms with Gasteiger partial charge in [0.2, 0.25) is 0 Å². The van der Waals surface area contributed by atoms with E-state index in [4.69, 9.17) is 16.3 Å². The normalized spacial score (nSPS) is 11.8. The molecule has 1 amide bonds. The summed E-state index contributed by atoms with van der Waals surface area (Å²) in [5, 5.41) is 3.33. The van der Waals surface area contributed by atoms with E-state index in [-0.39, 0.29) is 5.91 Å². The molecule has 0 saturated heterocycles. The maximum absolute atomic E-state index is 12.1. The minimum Gasteiger partial charge on any atom is -0.479 e. The second kappa shape index (κ2) is 6.64. The maximum Gasteiger partial charge on any atom is 0.265 e. The Morgan fingerprint density at radius 1 is 1.14 bits per heavy atom. The Balaban J connectivity index is 2.02. The quantitative estimate of drug-likeness (QED) is 0.911. The number of rotatable bonds is 4. The van der Waals surface area contributed by atoms with E-state index in [0.29, 0.717) is 10.8 Å². The number of halogens is 1. The SMILES string of the molecule is Cc1ccc(NC(=O)[C@@H](C)Oc2ccccc2Cl)cc1C. The van der Waals surface area contributed by atoms with Crippen LogP contribution in [0.2, 0.25) is 5.02 Å². The largest absolute Gasteiger partial charge is 0.479 e. The average Bonchev–Trinajstić information content (AvgIpc) is 2.45. The molecular formula is C17H18ClNO2. The standard InChI is InChI=1S/C17H18ClNO2/c1-11-8-9-14(10-12(11)2)19-17(20)13(3)21-16-7-5-4-6-15(16)18/h4-10,13H,1-3H3,(H,19,20)/t13-/m1/s1. The van der Waals surface area contributed by atoms with Gasteiger partial charge in [0.1, 0.15) is 5.75 Å². The number of carbonyl (C=O) groups is 1. The maximum atomic E-state index is 12.1. The van der Waals surface area contributed by atoms with E-state index in [0.717, 1.165) is 11.3 Å². The van der Waals surface area contributed by atoms with Crippen LogP contribution in [0.15, 0.2) is 42.5 Å². The molecule has 0 saturated carbocycles. The van der Waals surface area contributed by atoms with Gasteiger partial charge >= 0.3 is 0 Å². The summed E-state index contributed by atoms with van der Waals surface area (Å²) in [5.74, 6) is 0.292. The predicted octanol–water partition coefficient (Wildman–Crippen LogP) is 4.36. The first kappa shape index (κ1) is 15.4. The summed E-state index contributed by atoms with van der Waals surface area (Å²) in [6, 6.07) is 12.9. The highest BCUT2D eigenvalue weighted by Gasteiger charge is 2.16. The number of amides is 1. The summed E-state index contributed by atoms with van der Waals surface area (Å²) >= 11 is 6.01. The van der Waals surface area contributed by atoms with Crippen LogP contribution in [0, 0.1) is 13.8 Å². The Kier molecular flexibility index (Phi) is 4.86. The lowest BCUT2D eigenvalue weighted by molar-refractivity contribution is -0.122. The molecule has 0 bridgehead atoms. The highest BCUT2D eigenvalue weighted by molar-refractivity contribution is 6.32. The van der Waals surface area contributed by atoms with Gasteiger partial charge in [-0.25, -0.2) is 0 Å². The van der Waals surface area contributed by atoms with Crippen molar-refractivity contribution in [3.63, 3.8) is 0 Å². The van der Waals surface area contributed by atoms with Crippen LogP contribution >= 0.6 is 11.6 Å². The van der Waals surface area contributed by atoms with Crippen molar-refractivity contribution in [2.24, 2.45) is 0 Å². The van der Waals surface area contributed by atoms with Gasteiger partial charge in [-0.1, -0.05) is 29.8 Å². The van der Waals surface area contributed by atoms with Crippen LogP contribution in [0.1, 0.15) is 18.1 Å². The Morgan fingerprint density at radius 2 is 1.86 bits per heavy atom. The predicted molar refractivity (Wildman–Crippen MR) is 86.1 cm³/mol. The third-order valence-electron chi connectivity index (χ3n) is 3.28. The van der Waals surface area contributed by atoms with Gasteiger partial charge in [-0.15, -0.1) is 0 Å². The van der Waals surface area contributed by atoms with Crippen LogP contribution in [0.5, 0.6) is 5.75 Å². The molecule has 2 aromatic carbocycles. The zero-order valence-corrected chi connectivity index (χ0v) is 13.1. The first-order valence-electron chi connectivity index (χ1n) is 6.76. The van der Waals surface area contributed by atoms with Gasteiger partial charge in [0.15, 0.2) is 6.10 Å². The summed E-state index contributed by atoms with van der Waals surface area (Å²) in [4.78, 5) is 12.1. The van der Waals surface area contributed by atoms with Crippen LogP contribution in [0.25, 0.3) is 0 Å². The lowest BCUT2D eigenvalue weighted by Crippen LogP contribution is -2.30. The number of anilines is 1. The molecule has 0 spiro atoms. The van der Waals surface area contributed by atoms with Crippen LogP contribution in [0.4, 0.5) is 5.69 Å². The fourth-order valence-electron chi connectivity index (χ4n) is 1.85. The van der Waals surface area contributed by atoms with E-state index < -0.39 is 6.10 Å². The topological polar surface area (TPSA) is 38.3 Å². The molecule has 21 heavy (non-hydrogen) atoms. The van der Waals surface area contributed by atoms with Crippen LogP contribution in [-0.4, -0.2) is 12.0 Å². The first-order valence-corrected chi connectivity index (χ1v) is 7.14. The van der Waals surface area contributed by atoms with Gasteiger partial charge in [-0.3, -0.25) is 4.79 Å². The Morgan fingerprint density at radius 3 is 2.52 bits per heavy atom. The van der Waals surface area contributed by atoms with Crippen LogP contribution in [-0.2, 0) is 4.79 Å². The summed E-state index contributed by atoms with van der Waals surface area (Å²) in [7, 11) is 0. The summed E-state index contributed by atoms with van der Waals surface area (Å²) in [6.45, 7) is 5.73. The molecule has 0 fully saturated rings. The van der Waals surface area contributed by atoms with E-state index in [1.54, 1.807) is 19.1 Å². The highest BCUT2D eigenvalue weighted by Crippen LogP contribution is 2.24. The van der Waals surface area contributed by atoms with E-state index in [1.165, 1.54) is 5.56 Å². The number of hydrogen-bond acceptors (Lipinski definition) is 2. The van der Waals surface area contributed by atoms with Crippen molar-refractivity contribution in [1.82, 2.24) is 0 Å². The Bertz CT molecular complexity index is 655. The van der Waals surface area contributed by atoms with Crippen LogP contribution < -0.4 is 10.1 Å². The molecule has 2 rings (SSSR count). The minimum absolute atomic E-state index is 0.210. The van der Waals surface area contributed by atoms with Gasteiger partial charge < -0.3 is 10.1 Å². The highest BCUT2D eigenvalue weighted by atomic mass is 35.5. The number of hydrogen-bond donors (Lipinski definition) is 1. The summed E-state index contributed by atoms with van der Waals surface area (Å²) in [5.41, 5.74) is 3.08. The van der Waals surface area contributed by atoms with Crippen molar-refractivity contribution < 1.29 is 9.53 Å². The van der Waals surface area contributed by atoms with Gasteiger partial charge in [-0.05, 0) is 56.2 Å². The summed E-state index contributed by atoms with van der Waals surface area (Å²) in [6.07, 6.45) is -0.633. The van der Waals surface area contributed by atoms with E-state index in [2.05, 4.69) is 5.32 Å². The number of aryl methyl sites for hydroxylation is 2. The van der Waals surface area contributed by atoms with Crippen molar-refractivity contribution in [1.29, 1.82) is 0 Å². The Hall–Kier alpha value is -2.00. The molecule has 0 aliphatic rings.